The van der Waals surface area contributed by atoms with Gasteiger partial charge in [-0.2, -0.15) is 0 Å². The van der Waals surface area contributed by atoms with Crippen LogP contribution in [-0.2, 0) is 9.53 Å². The number of anilines is 2. The molecule has 8 nitrogen and oxygen atoms in total. The Kier molecular flexibility index (Phi) is 8.03. The van der Waals surface area contributed by atoms with Crippen molar-refractivity contribution in [1.82, 2.24) is 0 Å². The van der Waals surface area contributed by atoms with Crippen molar-refractivity contribution in [3.63, 3.8) is 0 Å². The molecule has 0 saturated carbocycles. The molecule has 2 amide bonds. The summed E-state index contributed by atoms with van der Waals surface area (Å²) in [7, 11) is 3.08. The van der Waals surface area contributed by atoms with Crippen molar-refractivity contribution >= 4 is 29.7 Å². The number of allylic oxidation sites excluding steroid dienone is 1. The molecule has 0 saturated heterocycles. The lowest BCUT2D eigenvalue weighted by Crippen LogP contribution is -2.34. The molecule has 154 valence electrons. The molecule has 8 heteroatoms. The first-order chi connectivity index (χ1) is 13.0. The highest BCUT2D eigenvalue weighted by molar-refractivity contribution is 6.16. The summed E-state index contributed by atoms with van der Waals surface area (Å²) >= 11 is 0. The lowest BCUT2D eigenvalue weighted by atomic mass is 10.2. The number of amides is 2. The van der Waals surface area contributed by atoms with Crippen molar-refractivity contribution in [2.24, 2.45) is 10.7 Å². The van der Waals surface area contributed by atoms with E-state index in [2.05, 4.69) is 4.99 Å². The molecule has 0 heterocycles. The Hall–Kier alpha value is -3.03. The number of hydrogen-bond acceptors (Lipinski definition) is 6. The Morgan fingerprint density at radius 2 is 1.96 bits per heavy atom. The number of carbonyl (C=O) groups is 2. The molecule has 1 aromatic carbocycles. The van der Waals surface area contributed by atoms with Crippen molar-refractivity contribution in [2.45, 2.75) is 40.2 Å². The van der Waals surface area contributed by atoms with Crippen LogP contribution in [0.4, 0.5) is 16.2 Å². The molecule has 1 rings (SSSR count). The second-order valence-electron chi connectivity index (χ2n) is 7.09. The van der Waals surface area contributed by atoms with E-state index >= 15 is 0 Å². The molecule has 2 N–H and O–H groups in total. The average Bonchev–Trinajstić information content (AvgIpc) is 2.59. The predicted molar refractivity (Wildman–Crippen MR) is 112 cm³/mol. The smallest absolute Gasteiger partial charge is 0.414 e. The Balaban J connectivity index is 3.41. The number of rotatable bonds is 6. The fraction of sp³-hybridized carbons (Fsp3) is 0.450. The van der Waals surface area contributed by atoms with E-state index < -0.39 is 11.7 Å². The first-order valence-electron chi connectivity index (χ1n) is 8.91. The molecule has 0 bridgehead atoms. The summed E-state index contributed by atoms with van der Waals surface area (Å²) in [5, 5.41) is 0. The van der Waals surface area contributed by atoms with Gasteiger partial charge < -0.3 is 15.2 Å². The molecule has 0 atom stereocenters. The van der Waals surface area contributed by atoms with Crippen LogP contribution < -0.4 is 20.3 Å². The highest BCUT2D eigenvalue weighted by Gasteiger charge is 2.24. The Morgan fingerprint density at radius 1 is 1.32 bits per heavy atom. The molecular weight excluding hydrogens is 360 g/mol. The maximum atomic E-state index is 12.5. The predicted octanol–water partition coefficient (Wildman–Crippen LogP) is 3.31. The lowest BCUT2D eigenvalue weighted by Gasteiger charge is -2.27. The van der Waals surface area contributed by atoms with E-state index in [1.54, 1.807) is 59.0 Å². The second kappa shape index (κ2) is 9.77. The lowest BCUT2D eigenvalue weighted by molar-refractivity contribution is -0.106. The maximum absolute atomic E-state index is 12.5. The van der Waals surface area contributed by atoms with Crippen molar-refractivity contribution < 1.29 is 19.1 Å². The van der Waals surface area contributed by atoms with Crippen LogP contribution in [0.2, 0.25) is 0 Å². The summed E-state index contributed by atoms with van der Waals surface area (Å²) in [5.74, 6) is 0.857. The van der Waals surface area contributed by atoms with Crippen molar-refractivity contribution in [3.05, 3.63) is 30.0 Å². The number of nitrogens with zero attached hydrogens (tertiary/aromatic N) is 3. The zero-order chi connectivity index (χ0) is 21.5. The number of hydrogen-bond donors (Lipinski definition) is 1. The molecule has 0 unspecified atom stereocenters. The summed E-state index contributed by atoms with van der Waals surface area (Å²) < 4.78 is 10.8. The zero-order valence-corrected chi connectivity index (χ0v) is 17.6. The average molecular weight is 390 g/mol. The van der Waals surface area contributed by atoms with Crippen molar-refractivity contribution in [3.8, 4) is 5.75 Å². The Bertz CT molecular complexity index is 762. The third-order valence-electron chi connectivity index (χ3n) is 3.50. The largest absolute Gasteiger partial charge is 0.495 e. The van der Waals surface area contributed by atoms with Crippen LogP contribution in [0.3, 0.4) is 0 Å². The topological polar surface area (TPSA) is 97.5 Å². The number of benzene rings is 1. The minimum Gasteiger partial charge on any atom is -0.495 e. The third kappa shape index (κ3) is 6.29. The molecular formula is C20H30N4O4. The molecule has 0 aromatic heterocycles. The Labute approximate surface area is 166 Å². The molecule has 28 heavy (non-hydrogen) atoms. The first-order valence-corrected chi connectivity index (χ1v) is 8.91. The summed E-state index contributed by atoms with van der Waals surface area (Å²) in [6.45, 7) is 9.41. The number of nitrogens with two attached hydrogens (primary N) is 1. The fourth-order valence-electron chi connectivity index (χ4n) is 2.32. The minimum atomic E-state index is -0.643. The van der Waals surface area contributed by atoms with E-state index in [1.807, 2.05) is 6.92 Å². The van der Waals surface area contributed by atoms with Gasteiger partial charge in [0.15, 0.2) is 0 Å². The van der Waals surface area contributed by atoms with Gasteiger partial charge in [-0.3, -0.25) is 19.6 Å². The van der Waals surface area contributed by atoms with Gasteiger partial charge in [-0.05, 0) is 58.9 Å². The highest BCUT2D eigenvalue weighted by atomic mass is 16.6. The van der Waals surface area contributed by atoms with Crippen LogP contribution in [0, 0.1) is 0 Å². The zero-order valence-electron chi connectivity index (χ0n) is 17.6. The number of carbonyl (C=O) groups excluding carboxylic acids is 2. The molecule has 0 radical (unpaired) electrons. The van der Waals surface area contributed by atoms with Crippen molar-refractivity contribution in [2.75, 3.05) is 30.5 Å². The van der Waals surface area contributed by atoms with E-state index in [4.69, 9.17) is 15.2 Å². The van der Waals surface area contributed by atoms with E-state index in [1.165, 1.54) is 16.9 Å². The monoisotopic (exact) mass is 390 g/mol. The summed E-state index contributed by atoms with van der Waals surface area (Å²) in [5.41, 5.74) is 6.59. The van der Waals surface area contributed by atoms with Gasteiger partial charge in [0.25, 0.3) is 0 Å². The van der Waals surface area contributed by atoms with E-state index in [0.29, 0.717) is 41.6 Å². The van der Waals surface area contributed by atoms with Gasteiger partial charge in [-0.1, -0.05) is 0 Å². The Morgan fingerprint density at radius 3 is 2.43 bits per heavy atom. The molecule has 0 aliphatic heterocycles. The minimum absolute atomic E-state index is 0.397. The number of aliphatic imine (C=N–C) groups is 1. The first kappa shape index (κ1) is 23.0. The van der Waals surface area contributed by atoms with E-state index in [-0.39, 0.29) is 0 Å². The number of amidine groups is 1. The standard InChI is InChI=1S/C20H30N4O4/c1-8-22-18(11-14(2)21)24(13-25)15-9-10-17(27-7)16(12-15)23(6)19(26)28-20(3,4)5/h9-13H,8,21H2,1-7H3. The number of methoxy groups -OCH3 is 1. The molecule has 0 spiro atoms. The molecule has 1 aromatic rings. The van der Waals surface area contributed by atoms with Crippen LogP contribution >= 0.6 is 0 Å². The summed E-state index contributed by atoms with van der Waals surface area (Å²) in [6, 6.07) is 5.02. The van der Waals surface area contributed by atoms with Crippen LogP contribution in [0.5, 0.6) is 5.75 Å². The SMILES string of the molecule is CCN=C(C=C(C)N)N(C=O)c1ccc(OC)c(N(C)C(=O)OC(C)(C)C)c1. The summed E-state index contributed by atoms with van der Waals surface area (Å²) in [4.78, 5) is 31.3. The van der Waals surface area contributed by atoms with Crippen LogP contribution in [-0.4, -0.2) is 44.6 Å². The quantitative estimate of drug-likeness (QED) is 0.456. The fourth-order valence-corrected chi connectivity index (χ4v) is 2.32. The molecule has 0 aliphatic carbocycles. The molecule has 0 aliphatic rings. The van der Waals surface area contributed by atoms with Gasteiger partial charge >= 0.3 is 6.09 Å². The van der Waals surface area contributed by atoms with Gasteiger partial charge in [0, 0.05) is 19.3 Å². The van der Waals surface area contributed by atoms with E-state index in [9.17, 15) is 9.59 Å². The van der Waals surface area contributed by atoms with Crippen LogP contribution in [0.15, 0.2) is 35.0 Å². The third-order valence-corrected chi connectivity index (χ3v) is 3.50. The van der Waals surface area contributed by atoms with Gasteiger partial charge in [0.1, 0.15) is 17.2 Å². The van der Waals surface area contributed by atoms with Gasteiger partial charge in [0.05, 0.1) is 18.5 Å². The second-order valence-corrected chi connectivity index (χ2v) is 7.09. The summed E-state index contributed by atoms with van der Waals surface area (Å²) in [6.07, 6.45) is 1.72. The van der Waals surface area contributed by atoms with Gasteiger partial charge in [-0.25, -0.2) is 4.79 Å². The van der Waals surface area contributed by atoms with Gasteiger partial charge in [-0.15, -0.1) is 0 Å². The highest BCUT2D eigenvalue weighted by Crippen LogP contribution is 2.33. The van der Waals surface area contributed by atoms with Crippen LogP contribution in [0.1, 0.15) is 34.6 Å². The number of ether oxygens (including phenoxy) is 2. The van der Waals surface area contributed by atoms with Crippen molar-refractivity contribution in [1.29, 1.82) is 0 Å². The molecule has 0 fully saturated rings. The van der Waals surface area contributed by atoms with Gasteiger partial charge in [0.2, 0.25) is 6.41 Å². The maximum Gasteiger partial charge on any atom is 0.414 e. The van der Waals surface area contributed by atoms with E-state index in [0.717, 1.165) is 0 Å². The normalized spacial score (nSPS) is 12.4. The van der Waals surface area contributed by atoms with Crippen LogP contribution in [0.25, 0.3) is 0 Å².